The van der Waals surface area contributed by atoms with Crippen molar-refractivity contribution in [1.82, 2.24) is 4.90 Å². The lowest BCUT2D eigenvalue weighted by molar-refractivity contribution is -0.134. The van der Waals surface area contributed by atoms with Crippen LogP contribution in [0.15, 0.2) is 0 Å². The van der Waals surface area contributed by atoms with Gasteiger partial charge in [0.05, 0.1) is 0 Å². The van der Waals surface area contributed by atoms with Crippen LogP contribution in [0.4, 0.5) is 0 Å². The largest absolute Gasteiger partial charge is 0.300 e. The van der Waals surface area contributed by atoms with Gasteiger partial charge in [0.25, 0.3) is 0 Å². The zero-order valence-corrected chi connectivity index (χ0v) is 11.1. The highest BCUT2D eigenvalue weighted by molar-refractivity contribution is 5.86. The molecule has 2 fully saturated rings. The first-order valence-corrected chi connectivity index (χ1v) is 6.66. The molecule has 16 heavy (non-hydrogen) atoms. The topological polar surface area (TPSA) is 20.3 Å². The quantitative estimate of drug-likeness (QED) is 0.681. The van der Waals surface area contributed by atoms with Crippen LogP contribution < -0.4 is 0 Å². The molecule has 2 aliphatic rings. The van der Waals surface area contributed by atoms with Crippen molar-refractivity contribution in [2.45, 2.75) is 65.0 Å². The number of carbonyl (C=O) groups is 1. The molecular formula is C14H25NO. The molecule has 0 aromatic rings. The summed E-state index contributed by atoms with van der Waals surface area (Å²) in [5, 5.41) is 0. The van der Waals surface area contributed by atoms with Gasteiger partial charge in [0, 0.05) is 23.4 Å². The van der Waals surface area contributed by atoms with E-state index in [1.54, 1.807) is 0 Å². The number of piperidine rings is 2. The third kappa shape index (κ3) is 2.17. The molecule has 0 amide bonds. The Morgan fingerprint density at radius 3 is 2.06 bits per heavy atom. The third-order valence-electron chi connectivity index (χ3n) is 4.45. The summed E-state index contributed by atoms with van der Waals surface area (Å²) in [6, 6.07) is 1.34. The molecule has 0 aromatic carbocycles. The van der Waals surface area contributed by atoms with Gasteiger partial charge in [0.1, 0.15) is 5.78 Å². The number of Topliss-reactive ketones (excluding diaryl/α,β-unsaturated/α-hetero) is 1. The second-order valence-electron chi connectivity index (χ2n) is 6.69. The van der Waals surface area contributed by atoms with Crippen molar-refractivity contribution in [3.8, 4) is 0 Å². The molecule has 2 unspecified atom stereocenters. The van der Waals surface area contributed by atoms with Crippen LogP contribution in [-0.4, -0.2) is 29.8 Å². The Bertz CT molecular complexity index is 265. The molecule has 2 bridgehead atoms. The molecular weight excluding hydrogens is 198 g/mol. The van der Waals surface area contributed by atoms with Crippen LogP contribution in [0.1, 0.15) is 52.9 Å². The van der Waals surface area contributed by atoms with Crippen LogP contribution in [0, 0.1) is 11.3 Å². The van der Waals surface area contributed by atoms with Gasteiger partial charge in [-0.15, -0.1) is 0 Å². The molecule has 2 saturated heterocycles. The molecule has 2 nitrogen and oxygen atoms in total. The Kier molecular flexibility index (Phi) is 3.13. The Balaban J connectivity index is 2.07. The van der Waals surface area contributed by atoms with Crippen LogP contribution in [0.5, 0.6) is 0 Å². The summed E-state index contributed by atoms with van der Waals surface area (Å²) in [5.41, 5.74) is -0.158. The maximum Gasteiger partial charge on any atom is 0.141 e. The molecule has 0 spiro atoms. The second-order valence-corrected chi connectivity index (χ2v) is 6.69. The summed E-state index contributed by atoms with van der Waals surface area (Å²) in [5.74, 6) is 0.809. The van der Waals surface area contributed by atoms with Crippen molar-refractivity contribution in [1.29, 1.82) is 0 Å². The molecule has 0 radical (unpaired) electrons. The summed E-state index contributed by atoms with van der Waals surface area (Å²) in [7, 11) is 2.24. The minimum Gasteiger partial charge on any atom is -0.300 e. The first kappa shape index (κ1) is 12.1. The normalized spacial score (nSPS) is 36.1. The lowest BCUT2D eigenvalue weighted by Crippen LogP contribution is -2.52. The summed E-state index contributed by atoms with van der Waals surface area (Å²) >= 11 is 0. The smallest absolute Gasteiger partial charge is 0.141 e. The van der Waals surface area contributed by atoms with Gasteiger partial charge in [0.15, 0.2) is 0 Å². The first-order chi connectivity index (χ1) is 7.39. The molecule has 0 N–H and O–H groups in total. The van der Waals surface area contributed by atoms with Crippen molar-refractivity contribution < 1.29 is 4.79 Å². The van der Waals surface area contributed by atoms with Crippen molar-refractivity contribution >= 4 is 5.78 Å². The van der Waals surface area contributed by atoms with E-state index < -0.39 is 0 Å². The van der Waals surface area contributed by atoms with E-state index in [2.05, 4.69) is 32.7 Å². The number of fused-ring (bicyclic) bond motifs is 2. The monoisotopic (exact) mass is 223 g/mol. The number of hydrogen-bond donors (Lipinski definition) is 0. The maximum absolute atomic E-state index is 12.3. The lowest BCUT2D eigenvalue weighted by Gasteiger charge is -2.47. The molecule has 0 saturated carbocycles. The SMILES string of the molecule is CN1C2CCCC1CC(C(=O)C(C)(C)C)C2. The van der Waals surface area contributed by atoms with Crippen LogP contribution >= 0.6 is 0 Å². The van der Waals surface area contributed by atoms with E-state index in [9.17, 15) is 4.79 Å². The van der Waals surface area contributed by atoms with Gasteiger partial charge in [-0.3, -0.25) is 4.79 Å². The Hall–Kier alpha value is -0.370. The van der Waals surface area contributed by atoms with Crippen LogP contribution in [0.2, 0.25) is 0 Å². The average Bonchev–Trinajstić information content (AvgIpc) is 2.14. The Morgan fingerprint density at radius 2 is 1.62 bits per heavy atom. The van der Waals surface area contributed by atoms with Crippen LogP contribution in [0.3, 0.4) is 0 Å². The predicted octanol–water partition coefficient (Wildman–Crippen LogP) is 2.86. The Morgan fingerprint density at radius 1 is 1.12 bits per heavy atom. The van der Waals surface area contributed by atoms with Crippen molar-refractivity contribution in [2.24, 2.45) is 11.3 Å². The predicted molar refractivity (Wildman–Crippen MR) is 66.4 cm³/mol. The second kappa shape index (κ2) is 4.14. The summed E-state index contributed by atoms with van der Waals surface area (Å²) in [6.45, 7) is 6.18. The highest BCUT2D eigenvalue weighted by atomic mass is 16.1. The fourth-order valence-corrected chi connectivity index (χ4v) is 3.44. The maximum atomic E-state index is 12.3. The molecule has 92 valence electrons. The summed E-state index contributed by atoms with van der Waals surface area (Å²) in [6.07, 6.45) is 6.14. The van der Waals surface area contributed by atoms with E-state index in [1.165, 1.54) is 19.3 Å². The summed E-state index contributed by atoms with van der Waals surface area (Å²) in [4.78, 5) is 14.9. The third-order valence-corrected chi connectivity index (χ3v) is 4.45. The van der Waals surface area contributed by atoms with Gasteiger partial charge < -0.3 is 4.90 Å². The minimum absolute atomic E-state index is 0.158. The number of hydrogen-bond acceptors (Lipinski definition) is 2. The first-order valence-electron chi connectivity index (χ1n) is 6.66. The molecule has 2 heteroatoms. The lowest BCUT2D eigenvalue weighted by atomic mass is 9.72. The van der Waals surface area contributed by atoms with E-state index >= 15 is 0 Å². The van der Waals surface area contributed by atoms with Crippen LogP contribution in [-0.2, 0) is 4.79 Å². The van der Waals surface area contributed by atoms with Gasteiger partial charge in [-0.2, -0.15) is 0 Å². The molecule has 0 aliphatic carbocycles. The average molecular weight is 223 g/mol. The highest BCUT2D eigenvalue weighted by Gasteiger charge is 2.41. The molecule has 2 atom stereocenters. The van der Waals surface area contributed by atoms with E-state index in [-0.39, 0.29) is 5.41 Å². The standard InChI is InChI=1S/C14H25NO/c1-14(2,3)13(16)10-8-11-6-5-7-12(9-10)15(11)4/h10-12H,5-9H2,1-4H3. The van der Waals surface area contributed by atoms with Gasteiger partial charge in [-0.05, 0) is 32.7 Å². The molecule has 2 heterocycles. The zero-order valence-electron chi connectivity index (χ0n) is 11.1. The zero-order chi connectivity index (χ0) is 11.9. The highest BCUT2D eigenvalue weighted by Crippen LogP contribution is 2.38. The van der Waals surface area contributed by atoms with Gasteiger partial charge in [0.2, 0.25) is 0 Å². The van der Waals surface area contributed by atoms with Crippen LogP contribution in [0.25, 0.3) is 0 Å². The fraction of sp³-hybridized carbons (Fsp3) is 0.929. The molecule has 0 aromatic heterocycles. The number of carbonyl (C=O) groups excluding carboxylic acids is 1. The van der Waals surface area contributed by atoms with Gasteiger partial charge in [-0.25, -0.2) is 0 Å². The van der Waals surface area contributed by atoms with E-state index in [4.69, 9.17) is 0 Å². The van der Waals surface area contributed by atoms with Gasteiger partial charge in [-0.1, -0.05) is 27.2 Å². The van der Waals surface area contributed by atoms with Crippen molar-refractivity contribution in [3.63, 3.8) is 0 Å². The van der Waals surface area contributed by atoms with Crippen molar-refractivity contribution in [3.05, 3.63) is 0 Å². The minimum atomic E-state index is -0.158. The summed E-state index contributed by atoms with van der Waals surface area (Å²) < 4.78 is 0. The number of ketones is 1. The van der Waals surface area contributed by atoms with E-state index in [0.717, 1.165) is 12.8 Å². The van der Waals surface area contributed by atoms with E-state index in [0.29, 0.717) is 23.8 Å². The molecule has 2 rings (SSSR count). The molecule has 2 aliphatic heterocycles. The number of nitrogens with zero attached hydrogens (tertiary/aromatic N) is 1. The fourth-order valence-electron chi connectivity index (χ4n) is 3.44. The Labute approximate surface area is 99.4 Å². The van der Waals surface area contributed by atoms with Crippen molar-refractivity contribution in [2.75, 3.05) is 7.05 Å². The van der Waals surface area contributed by atoms with E-state index in [1.807, 2.05) is 0 Å². The van der Waals surface area contributed by atoms with Gasteiger partial charge >= 0.3 is 0 Å². The number of rotatable bonds is 1.